The Labute approximate surface area is 189 Å². The number of aromatic amines is 1. The second-order valence-corrected chi connectivity index (χ2v) is 8.71. The van der Waals surface area contributed by atoms with Gasteiger partial charge in [-0.2, -0.15) is 5.10 Å². The second kappa shape index (κ2) is 9.32. The number of benzene rings is 1. The van der Waals surface area contributed by atoms with E-state index in [-0.39, 0.29) is 17.5 Å². The molecule has 8 heteroatoms. The molecule has 0 aliphatic carbocycles. The van der Waals surface area contributed by atoms with E-state index >= 15 is 0 Å². The zero-order chi connectivity index (χ0) is 22.7. The van der Waals surface area contributed by atoms with Gasteiger partial charge in [-0.1, -0.05) is 37.6 Å². The third-order valence-corrected chi connectivity index (χ3v) is 5.81. The number of fused-ring (bicyclic) bond motifs is 1. The molecule has 0 spiro atoms. The van der Waals surface area contributed by atoms with Crippen molar-refractivity contribution < 1.29 is 4.79 Å². The van der Waals surface area contributed by atoms with Gasteiger partial charge in [-0.15, -0.1) is 11.3 Å². The summed E-state index contributed by atoms with van der Waals surface area (Å²) in [5, 5.41) is 10.3. The first-order valence-corrected chi connectivity index (χ1v) is 11.5. The van der Waals surface area contributed by atoms with Gasteiger partial charge in [-0.05, 0) is 38.0 Å². The predicted octanol–water partition coefficient (Wildman–Crippen LogP) is 5.03. The van der Waals surface area contributed by atoms with Gasteiger partial charge in [0, 0.05) is 34.0 Å². The number of nitrogens with one attached hydrogen (secondary N) is 2. The largest absolute Gasteiger partial charge is 0.306 e. The summed E-state index contributed by atoms with van der Waals surface area (Å²) in [5.74, 6) is -0.346. The minimum atomic E-state index is -0.346. The van der Waals surface area contributed by atoms with Crippen LogP contribution >= 0.6 is 11.3 Å². The molecule has 0 radical (unpaired) electrons. The molecule has 4 aromatic rings. The molecular weight excluding hydrogens is 422 g/mol. The van der Waals surface area contributed by atoms with Crippen molar-refractivity contribution in [3.05, 3.63) is 69.5 Å². The Kier molecular flexibility index (Phi) is 6.32. The fraction of sp³-hybridized carbons (Fsp3) is 0.250. The number of H-pyrrole nitrogens is 1. The lowest BCUT2D eigenvalue weighted by molar-refractivity contribution is -0.111. The minimum Gasteiger partial charge on any atom is -0.306 e. The van der Waals surface area contributed by atoms with Crippen LogP contribution in [-0.4, -0.2) is 25.7 Å². The summed E-state index contributed by atoms with van der Waals surface area (Å²) < 4.78 is 1.76. The SMILES string of the molecule is CCCc1ccc(-c2csc(NC(=O)C=Cc3cc4cnn(C(C)C)c4[nH]c3=O)n2)cc1. The van der Waals surface area contributed by atoms with E-state index in [1.165, 1.54) is 29.1 Å². The maximum Gasteiger partial charge on any atom is 0.256 e. The zero-order valence-electron chi connectivity index (χ0n) is 18.3. The summed E-state index contributed by atoms with van der Waals surface area (Å²) in [5.41, 5.74) is 3.93. The summed E-state index contributed by atoms with van der Waals surface area (Å²) in [7, 11) is 0. The average Bonchev–Trinajstić information content (AvgIpc) is 3.39. The molecule has 4 rings (SSSR count). The van der Waals surface area contributed by atoms with Gasteiger partial charge in [0.2, 0.25) is 5.91 Å². The van der Waals surface area contributed by atoms with E-state index in [2.05, 4.69) is 51.6 Å². The number of thiazole rings is 1. The maximum absolute atomic E-state index is 12.4. The Bertz CT molecular complexity index is 1330. The zero-order valence-corrected chi connectivity index (χ0v) is 19.1. The van der Waals surface area contributed by atoms with Crippen LogP contribution in [0.1, 0.15) is 44.4 Å². The monoisotopic (exact) mass is 447 g/mol. The van der Waals surface area contributed by atoms with Gasteiger partial charge in [0.05, 0.1) is 11.9 Å². The average molecular weight is 448 g/mol. The van der Waals surface area contributed by atoms with Crippen LogP contribution in [-0.2, 0) is 11.2 Å². The van der Waals surface area contributed by atoms with Crippen LogP contribution in [0.25, 0.3) is 28.4 Å². The molecule has 3 heterocycles. The molecule has 3 aromatic heterocycles. The number of aromatic nitrogens is 4. The van der Waals surface area contributed by atoms with E-state index < -0.39 is 0 Å². The number of pyridine rings is 1. The Balaban J connectivity index is 1.45. The van der Waals surface area contributed by atoms with Crippen molar-refractivity contribution in [3.8, 4) is 11.3 Å². The summed E-state index contributed by atoms with van der Waals surface area (Å²) in [6, 6.07) is 10.2. The number of nitrogens with zero attached hydrogens (tertiary/aromatic N) is 3. The summed E-state index contributed by atoms with van der Waals surface area (Å²) in [6.45, 7) is 6.15. The summed E-state index contributed by atoms with van der Waals surface area (Å²) in [6.07, 6.45) is 6.71. The van der Waals surface area contributed by atoms with Crippen molar-refractivity contribution in [2.24, 2.45) is 0 Å². The van der Waals surface area contributed by atoms with Crippen molar-refractivity contribution in [2.45, 2.75) is 39.7 Å². The van der Waals surface area contributed by atoms with Crippen molar-refractivity contribution in [1.29, 1.82) is 0 Å². The molecule has 1 aromatic carbocycles. The third kappa shape index (κ3) is 4.70. The third-order valence-electron chi connectivity index (χ3n) is 5.05. The quantitative estimate of drug-likeness (QED) is 0.389. The molecule has 7 nitrogen and oxygen atoms in total. The highest BCUT2D eigenvalue weighted by atomic mass is 32.1. The summed E-state index contributed by atoms with van der Waals surface area (Å²) >= 11 is 1.36. The van der Waals surface area contributed by atoms with Gasteiger partial charge in [0.15, 0.2) is 5.13 Å². The first-order chi connectivity index (χ1) is 15.4. The molecule has 0 saturated carbocycles. The standard InChI is InChI=1S/C24H25N5O2S/c1-4-5-16-6-8-17(9-7-16)20-14-32-24(26-20)27-21(30)11-10-18-12-19-13-25-29(15(2)3)22(19)28-23(18)31/h6-15H,4-5H2,1-3H3,(H,28,31)(H,26,27,30). The van der Waals surface area contributed by atoms with Crippen LogP contribution in [0.3, 0.4) is 0 Å². The van der Waals surface area contributed by atoms with E-state index in [1.54, 1.807) is 16.9 Å². The Morgan fingerprint density at radius 3 is 2.78 bits per heavy atom. The molecule has 2 N–H and O–H groups in total. The van der Waals surface area contributed by atoms with Crippen molar-refractivity contribution in [3.63, 3.8) is 0 Å². The predicted molar refractivity (Wildman–Crippen MR) is 130 cm³/mol. The molecule has 0 unspecified atom stereocenters. The van der Waals surface area contributed by atoms with Gasteiger partial charge in [0.1, 0.15) is 5.65 Å². The lowest BCUT2D eigenvalue weighted by Crippen LogP contribution is -2.13. The van der Waals surface area contributed by atoms with Crippen LogP contribution in [0, 0.1) is 0 Å². The normalized spacial score (nSPS) is 11.6. The van der Waals surface area contributed by atoms with Crippen LogP contribution in [0.2, 0.25) is 0 Å². The number of hydrogen-bond donors (Lipinski definition) is 2. The van der Waals surface area contributed by atoms with E-state index in [4.69, 9.17) is 0 Å². The minimum absolute atomic E-state index is 0.132. The molecule has 0 saturated heterocycles. The molecule has 32 heavy (non-hydrogen) atoms. The highest BCUT2D eigenvalue weighted by Crippen LogP contribution is 2.25. The van der Waals surface area contributed by atoms with Gasteiger partial charge in [0.25, 0.3) is 5.56 Å². The van der Waals surface area contributed by atoms with Gasteiger partial charge in [-0.25, -0.2) is 9.67 Å². The van der Waals surface area contributed by atoms with E-state index in [9.17, 15) is 9.59 Å². The first kappa shape index (κ1) is 21.7. The van der Waals surface area contributed by atoms with E-state index in [0.29, 0.717) is 16.3 Å². The molecule has 0 aliphatic heterocycles. The number of hydrogen-bond acceptors (Lipinski definition) is 5. The Morgan fingerprint density at radius 1 is 1.28 bits per heavy atom. The molecule has 1 amide bonds. The molecule has 0 atom stereocenters. The van der Waals surface area contributed by atoms with Crippen LogP contribution in [0.15, 0.2) is 52.8 Å². The fourth-order valence-corrected chi connectivity index (χ4v) is 4.17. The lowest BCUT2D eigenvalue weighted by Gasteiger charge is -2.06. The van der Waals surface area contributed by atoms with Gasteiger partial charge < -0.3 is 4.98 Å². The van der Waals surface area contributed by atoms with E-state index in [0.717, 1.165) is 29.5 Å². The highest BCUT2D eigenvalue weighted by Gasteiger charge is 2.10. The van der Waals surface area contributed by atoms with Crippen LogP contribution < -0.4 is 10.9 Å². The van der Waals surface area contributed by atoms with Crippen molar-refractivity contribution in [1.82, 2.24) is 19.7 Å². The fourth-order valence-electron chi connectivity index (χ4n) is 3.45. The molecule has 0 bridgehead atoms. The number of amides is 1. The number of carbonyl (C=O) groups is 1. The molecule has 164 valence electrons. The molecular formula is C24H25N5O2S. The number of aryl methyl sites for hydroxylation is 1. The number of rotatable bonds is 7. The van der Waals surface area contributed by atoms with Crippen LogP contribution in [0.5, 0.6) is 0 Å². The number of carbonyl (C=O) groups excluding carboxylic acids is 1. The van der Waals surface area contributed by atoms with Gasteiger partial charge in [-0.3, -0.25) is 14.9 Å². The Hall–Kier alpha value is -3.52. The van der Waals surface area contributed by atoms with E-state index in [1.807, 2.05) is 19.2 Å². The smallest absolute Gasteiger partial charge is 0.256 e. The highest BCUT2D eigenvalue weighted by molar-refractivity contribution is 7.14. The topological polar surface area (TPSA) is 92.7 Å². The maximum atomic E-state index is 12.4. The van der Waals surface area contributed by atoms with Crippen LogP contribution in [0.4, 0.5) is 5.13 Å². The Morgan fingerprint density at radius 2 is 2.06 bits per heavy atom. The van der Waals surface area contributed by atoms with Crippen molar-refractivity contribution in [2.75, 3.05) is 5.32 Å². The lowest BCUT2D eigenvalue weighted by atomic mass is 10.1. The first-order valence-electron chi connectivity index (χ1n) is 10.6. The summed E-state index contributed by atoms with van der Waals surface area (Å²) in [4.78, 5) is 32.1. The number of anilines is 1. The van der Waals surface area contributed by atoms with Gasteiger partial charge >= 0.3 is 0 Å². The van der Waals surface area contributed by atoms with Crippen molar-refractivity contribution >= 4 is 39.5 Å². The molecule has 0 fully saturated rings. The second-order valence-electron chi connectivity index (χ2n) is 7.85. The molecule has 0 aliphatic rings.